The predicted molar refractivity (Wildman–Crippen MR) is 125 cm³/mol. The molecule has 3 aromatic rings. The minimum atomic E-state index is -0.104. The zero-order valence-electron chi connectivity index (χ0n) is 18.9. The summed E-state index contributed by atoms with van der Waals surface area (Å²) in [5.41, 5.74) is 4.59. The maximum atomic E-state index is 13.0. The van der Waals surface area contributed by atoms with E-state index in [0.29, 0.717) is 48.4 Å². The van der Waals surface area contributed by atoms with E-state index in [-0.39, 0.29) is 5.78 Å². The van der Waals surface area contributed by atoms with Gasteiger partial charge in [0.1, 0.15) is 18.2 Å². The Kier molecular flexibility index (Phi) is 5.52. The number of Topliss-reactive ketones (excluding diaryl/α,β-unsaturated/α-hetero) is 1. The third-order valence-corrected chi connectivity index (χ3v) is 6.01. The van der Waals surface area contributed by atoms with Crippen LogP contribution in [0.2, 0.25) is 0 Å². The second-order valence-corrected chi connectivity index (χ2v) is 8.17. The Morgan fingerprint density at radius 1 is 1.03 bits per heavy atom. The zero-order valence-corrected chi connectivity index (χ0v) is 18.9. The molecule has 0 fully saturated rings. The van der Waals surface area contributed by atoms with E-state index in [1.165, 1.54) is 0 Å². The van der Waals surface area contributed by atoms with E-state index in [1.807, 2.05) is 61.5 Å². The number of carbonyl (C=O) groups is 1. The first-order chi connectivity index (χ1) is 16.1. The van der Waals surface area contributed by atoms with Gasteiger partial charge in [-0.25, -0.2) is 0 Å². The lowest BCUT2D eigenvalue weighted by Gasteiger charge is -2.29. The highest BCUT2D eigenvalue weighted by Crippen LogP contribution is 2.42. The number of hydrogen-bond acceptors (Lipinski definition) is 6. The van der Waals surface area contributed by atoms with Crippen LogP contribution < -0.4 is 18.9 Å². The summed E-state index contributed by atoms with van der Waals surface area (Å²) < 4.78 is 22.9. The van der Waals surface area contributed by atoms with Gasteiger partial charge in [-0.05, 0) is 54.0 Å². The molecule has 0 radical (unpaired) electrons. The molecule has 6 heteroatoms. The van der Waals surface area contributed by atoms with Crippen molar-refractivity contribution in [2.24, 2.45) is 0 Å². The second-order valence-electron chi connectivity index (χ2n) is 8.17. The van der Waals surface area contributed by atoms with Crippen molar-refractivity contribution in [1.29, 1.82) is 0 Å². The third kappa shape index (κ3) is 3.94. The van der Waals surface area contributed by atoms with Crippen molar-refractivity contribution in [2.45, 2.75) is 20.0 Å². The van der Waals surface area contributed by atoms with E-state index in [1.54, 1.807) is 20.3 Å². The van der Waals surface area contributed by atoms with Gasteiger partial charge < -0.3 is 18.9 Å². The van der Waals surface area contributed by atoms with Gasteiger partial charge in [0, 0.05) is 13.1 Å². The molecule has 0 spiro atoms. The van der Waals surface area contributed by atoms with Crippen LogP contribution in [0.1, 0.15) is 32.6 Å². The monoisotopic (exact) mass is 443 g/mol. The Balaban J connectivity index is 1.40. The van der Waals surface area contributed by atoms with Crippen molar-refractivity contribution in [3.63, 3.8) is 0 Å². The van der Waals surface area contributed by atoms with Gasteiger partial charge in [-0.2, -0.15) is 0 Å². The van der Waals surface area contributed by atoms with Gasteiger partial charge >= 0.3 is 0 Å². The molecule has 0 unspecified atom stereocenters. The fraction of sp³-hybridized carbons (Fsp3) is 0.222. The Labute approximate surface area is 193 Å². The van der Waals surface area contributed by atoms with Gasteiger partial charge in [0.05, 0.1) is 25.3 Å². The summed E-state index contributed by atoms with van der Waals surface area (Å²) in [5.74, 6) is 2.96. The number of allylic oxidation sites excluding steroid dienone is 1. The Morgan fingerprint density at radius 2 is 1.85 bits per heavy atom. The van der Waals surface area contributed by atoms with Crippen LogP contribution in [0.3, 0.4) is 0 Å². The lowest BCUT2D eigenvalue weighted by molar-refractivity contribution is 0.0872. The van der Waals surface area contributed by atoms with Crippen LogP contribution in [-0.2, 0) is 13.1 Å². The standard InChI is InChI=1S/C27H25NO5/c1-17-6-4-5-7-19(17)13-25-26(29)20-9-11-22-21(27(20)33-25)15-28(16-32-22)14-18-8-10-23(30-2)24(12-18)31-3/h4-13H,14-16H2,1-3H3/b25-13-. The molecule has 2 aliphatic rings. The maximum absolute atomic E-state index is 13.0. The first-order valence-corrected chi connectivity index (χ1v) is 10.8. The second kappa shape index (κ2) is 8.64. The lowest BCUT2D eigenvalue weighted by Crippen LogP contribution is -2.31. The number of fused-ring (bicyclic) bond motifs is 3. The molecule has 3 aromatic carbocycles. The first-order valence-electron chi connectivity index (χ1n) is 10.8. The largest absolute Gasteiger partial charge is 0.493 e. The minimum Gasteiger partial charge on any atom is -0.493 e. The summed E-state index contributed by atoms with van der Waals surface area (Å²) in [4.78, 5) is 15.2. The molecule has 33 heavy (non-hydrogen) atoms. The highest BCUT2D eigenvalue weighted by Gasteiger charge is 2.33. The summed E-state index contributed by atoms with van der Waals surface area (Å²) in [5, 5.41) is 0. The van der Waals surface area contributed by atoms with Crippen molar-refractivity contribution in [2.75, 3.05) is 21.0 Å². The van der Waals surface area contributed by atoms with Crippen molar-refractivity contribution in [3.05, 3.63) is 88.2 Å². The third-order valence-electron chi connectivity index (χ3n) is 6.01. The minimum absolute atomic E-state index is 0.104. The number of ketones is 1. The smallest absolute Gasteiger partial charge is 0.231 e. The molecule has 0 bridgehead atoms. The van der Waals surface area contributed by atoms with Gasteiger partial charge in [0.15, 0.2) is 17.3 Å². The Bertz CT molecular complexity index is 1260. The Hall–Kier alpha value is -3.77. The van der Waals surface area contributed by atoms with Crippen LogP contribution in [0.15, 0.2) is 60.4 Å². The quantitative estimate of drug-likeness (QED) is 0.519. The number of nitrogens with zero attached hydrogens (tertiary/aromatic N) is 1. The van der Waals surface area contributed by atoms with Gasteiger partial charge in [0.2, 0.25) is 5.78 Å². The van der Waals surface area contributed by atoms with E-state index < -0.39 is 0 Å². The summed E-state index contributed by atoms with van der Waals surface area (Å²) in [6, 6.07) is 17.4. The average Bonchev–Trinajstić information content (AvgIpc) is 3.16. The molecule has 2 aliphatic heterocycles. The van der Waals surface area contributed by atoms with Crippen LogP contribution in [0.25, 0.3) is 6.08 Å². The normalized spacial score (nSPS) is 16.1. The van der Waals surface area contributed by atoms with Crippen LogP contribution in [0, 0.1) is 6.92 Å². The van der Waals surface area contributed by atoms with Gasteiger partial charge in [0.25, 0.3) is 0 Å². The fourth-order valence-corrected chi connectivity index (χ4v) is 4.23. The molecule has 0 amide bonds. The highest BCUT2D eigenvalue weighted by molar-refractivity contribution is 6.15. The van der Waals surface area contributed by atoms with Gasteiger partial charge in [-0.1, -0.05) is 30.3 Å². The molecule has 6 nitrogen and oxygen atoms in total. The van der Waals surface area contributed by atoms with Crippen molar-refractivity contribution in [1.82, 2.24) is 4.90 Å². The molecule has 2 heterocycles. The summed E-state index contributed by atoms with van der Waals surface area (Å²) in [6.07, 6.45) is 1.81. The van der Waals surface area contributed by atoms with Crippen LogP contribution in [-0.4, -0.2) is 31.6 Å². The summed E-state index contributed by atoms with van der Waals surface area (Å²) in [6.45, 7) is 3.72. The molecular weight excluding hydrogens is 418 g/mol. The Morgan fingerprint density at radius 3 is 2.64 bits per heavy atom. The number of rotatable bonds is 5. The molecule has 5 rings (SSSR count). The maximum Gasteiger partial charge on any atom is 0.231 e. The van der Waals surface area contributed by atoms with Crippen molar-refractivity contribution in [3.8, 4) is 23.0 Å². The average molecular weight is 443 g/mol. The summed E-state index contributed by atoms with van der Waals surface area (Å²) >= 11 is 0. The van der Waals surface area contributed by atoms with Crippen molar-refractivity contribution < 1.29 is 23.7 Å². The van der Waals surface area contributed by atoms with E-state index >= 15 is 0 Å². The molecule has 0 N–H and O–H groups in total. The highest BCUT2D eigenvalue weighted by atomic mass is 16.5. The van der Waals surface area contributed by atoms with Gasteiger partial charge in [-0.3, -0.25) is 9.69 Å². The number of ether oxygens (including phenoxy) is 4. The fourth-order valence-electron chi connectivity index (χ4n) is 4.23. The van der Waals surface area contributed by atoms with Crippen LogP contribution in [0.5, 0.6) is 23.0 Å². The number of hydrogen-bond donors (Lipinski definition) is 0. The number of benzene rings is 3. The van der Waals surface area contributed by atoms with E-state index in [9.17, 15) is 4.79 Å². The van der Waals surface area contributed by atoms with Crippen LogP contribution in [0.4, 0.5) is 0 Å². The van der Waals surface area contributed by atoms with E-state index in [2.05, 4.69) is 4.90 Å². The molecule has 0 atom stereocenters. The predicted octanol–water partition coefficient (Wildman–Crippen LogP) is 4.98. The first kappa shape index (κ1) is 21.1. The molecular formula is C27H25NO5. The van der Waals surface area contributed by atoms with Gasteiger partial charge in [-0.15, -0.1) is 0 Å². The zero-order chi connectivity index (χ0) is 22.9. The molecule has 0 aromatic heterocycles. The molecule has 0 saturated carbocycles. The number of aryl methyl sites for hydroxylation is 1. The van der Waals surface area contributed by atoms with E-state index in [0.717, 1.165) is 28.0 Å². The lowest BCUT2D eigenvalue weighted by atomic mass is 10.0. The molecule has 0 saturated heterocycles. The number of carbonyl (C=O) groups excluding carboxylic acids is 1. The SMILES string of the molecule is COc1ccc(CN2COc3ccc4c(c3C2)O/C(=C\c2ccccc2C)C4=O)cc1OC. The topological polar surface area (TPSA) is 57.2 Å². The molecule has 168 valence electrons. The van der Waals surface area contributed by atoms with Crippen LogP contribution >= 0.6 is 0 Å². The molecule has 0 aliphatic carbocycles. The summed E-state index contributed by atoms with van der Waals surface area (Å²) in [7, 11) is 3.25. The van der Waals surface area contributed by atoms with Crippen molar-refractivity contribution >= 4 is 11.9 Å². The van der Waals surface area contributed by atoms with E-state index in [4.69, 9.17) is 18.9 Å². The number of methoxy groups -OCH3 is 2.